The molecule has 2 aromatic heterocycles. The zero-order valence-corrected chi connectivity index (χ0v) is 15.4. The average Bonchev–Trinajstić information content (AvgIpc) is 3.27. The van der Waals surface area contributed by atoms with Gasteiger partial charge in [0.2, 0.25) is 0 Å². The fourth-order valence-electron chi connectivity index (χ4n) is 2.83. The first-order valence-corrected chi connectivity index (χ1v) is 8.52. The van der Waals surface area contributed by atoms with E-state index in [-0.39, 0.29) is 11.9 Å². The Bertz CT molecular complexity index is 864. The highest BCUT2D eigenvalue weighted by Crippen LogP contribution is 2.22. The van der Waals surface area contributed by atoms with Gasteiger partial charge in [-0.3, -0.25) is 9.69 Å². The van der Waals surface area contributed by atoms with E-state index in [1.54, 1.807) is 26.2 Å². The van der Waals surface area contributed by atoms with Crippen molar-refractivity contribution in [3.05, 3.63) is 71.0 Å². The average molecular weight is 353 g/mol. The van der Waals surface area contributed by atoms with Crippen LogP contribution in [0.5, 0.6) is 0 Å². The Morgan fingerprint density at radius 2 is 2.08 bits per heavy atom. The van der Waals surface area contributed by atoms with E-state index in [1.807, 2.05) is 37.4 Å². The van der Waals surface area contributed by atoms with E-state index in [0.717, 1.165) is 11.3 Å². The van der Waals surface area contributed by atoms with Gasteiger partial charge in [0.15, 0.2) is 5.76 Å². The summed E-state index contributed by atoms with van der Waals surface area (Å²) in [4.78, 5) is 14.7. The van der Waals surface area contributed by atoms with Gasteiger partial charge in [-0.05, 0) is 57.6 Å². The third kappa shape index (κ3) is 3.86. The highest BCUT2D eigenvalue weighted by Gasteiger charge is 2.16. The number of carbonyl (C=O) groups is 1. The molecule has 1 unspecified atom stereocenters. The van der Waals surface area contributed by atoms with Gasteiger partial charge < -0.3 is 14.3 Å². The van der Waals surface area contributed by atoms with E-state index in [4.69, 9.17) is 8.94 Å². The number of furan rings is 1. The van der Waals surface area contributed by atoms with Crippen molar-refractivity contribution >= 4 is 11.6 Å². The number of aromatic nitrogens is 1. The van der Waals surface area contributed by atoms with Gasteiger partial charge in [0, 0.05) is 12.1 Å². The second kappa shape index (κ2) is 7.58. The Kier molecular flexibility index (Phi) is 5.23. The molecule has 0 aliphatic heterocycles. The van der Waals surface area contributed by atoms with Crippen molar-refractivity contribution in [2.45, 2.75) is 33.4 Å². The molecule has 3 rings (SSSR count). The number of nitrogens with one attached hydrogen (secondary N) is 1. The number of amides is 1. The summed E-state index contributed by atoms with van der Waals surface area (Å²) in [6.45, 7) is 6.37. The number of hydrogen-bond donors (Lipinski definition) is 1. The van der Waals surface area contributed by atoms with Gasteiger partial charge in [-0.25, -0.2) is 0 Å². The van der Waals surface area contributed by atoms with Crippen molar-refractivity contribution in [3.8, 4) is 0 Å². The minimum Gasteiger partial charge on any atom is -0.468 e. The molecule has 26 heavy (non-hydrogen) atoms. The third-order valence-corrected chi connectivity index (χ3v) is 4.51. The van der Waals surface area contributed by atoms with Crippen LogP contribution in [0.1, 0.15) is 46.1 Å². The highest BCUT2D eigenvalue weighted by molar-refractivity contribution is 6.04. The molecule has 0 saturated heterocycles. The summed E-state index contributed by atoms with van der Waals surface area (Å²) < 4.78 is 10.6. The molecule has 1 atom stereocenters. The normalized spacial score (nSPS) is 12.3. The van der Waals surface area contributed by atoms with Crippen LogP contribution in [0.2, 0.25) is 0 Å². The summed E-state index contributed by atoms with van der Waals surface area (Å²) in [7, 11) is 2.03. The van der Waals surface area contributed by atoms with Crippen LogP contribution >= 0.6 is 0 Å². The Hall–Kier alpha value is -2.86. The Balaban J connectivity index is 1.70. The number of hydrogen-bond acceptors (Lipinski definition) is 5. The molecule has 3 aromatic rings. The summed E-state index contributed by atoms with van der Waals surface area (Å²) >= 11 is 0. The monoisotopic (exact) mass is 353 g/mol. The first-order chi connectivity index (χ1) is 12.5. The van der Waals surface area contributed by atoms with Crippen LogP contribution in [0.25, 0.3) is 0 Å². The fourth-order valence-corrected chi connectivity index (χ4v) is 2.83. The number of benzene rings is 1. The van der Waals surface area contributed by atoms with Gasteiger partial charge in [0.05, 0.1) is 12.3 Å². The summed E-state index contributed by atoms with van der Waals surface area (Å²) in [5.41, 5.74) is 2.95. The van der Waals surface area contributed by atoms with Crippen molar-refractivity contribution in [1.82, 2.24) is 10.1 Å². The van der Waals surface area contributed by atoms with Crippen LogP contribution < -0.4 is 5.32 Å². The maximum Gasteiger partial charge on any atom is 0.255 e. The fraction of sp³-hybridized carbons (Fsp3) is 0.300. The molecule has 136 valence electrons. The maximum atomic E-state index is 12.6. The van der Waals surface area contributed by atoms with Gasteiger partial charge in [0.25, 0.3) is 5.91 Å². The molecule has 2 heterocycles. The number of rotatable bonds is 6. The molecule has 1 aromatic carbocycles. The minimum absolute atomic E-state index is 0.143. The summed E-state index contributed by atoms with van der Waals surface area (Å²) in [6, 6.07) is 11.6. The molecule has 0 saturated carbocycles. The summed E-state index contributed by atoms with van der Waals surface area (Å²) in [5.74, 6) is 1.34. The second-order valence-corrected chi connectivity index (χ2v) is 6.46. The SMILES string of the molecule is Cc1noc(C)c1NC(=O)c1cccc(CN(C)C(C)c2ccco2)c1. The van der Waals surface area contributed by atoms with Crippen LogP contribution in [0, 0.1) is 13.8 Å². The number of aryl methyl sites for hydroxylation is 2. The molecule has 1 N–H and O–H groups in total. The van der Waals surface area contributed by atoms with Gasteiger partial charge in [-0.1, -0.05) is 17.3 Å². The summed E-state index contributed by atoms with van der Waals surface area (Å²) in [5, 5.41) is 6.73. The number of anilines is 1. The van der Waals surface area contributed by atoms with Gasteiger partial charge >= 0.3 is 0 Å². The zero-order valence-electron chi connectivity index (χ0n) is 15.4. The molecule has 6 heteroatoms. The van der Waals surface area contributed by atoms with Crippen LogP contribution in [-0.2, 0) is 6.54 Å². The molecule has 1 amide bonds. The molecular formula is C20H23N3O3. The lowest BCUT2D eigenvalue weighted by atomic mass is 10.1. The van der Waals surface area contributed by atoms with Crippen LogP contribution in [0.4, 0.5) is 5.69 Å². The van der Waals surface area contributed by atoms with Gasteiger partial charge in [-0.2, -0.15) is 0 Å². The van der Waals surface area contributed by atoms with Gasteiger partial charge in [0.1, 0.15) is 17.1 Å². The predicted octanol–water partition coefficient (Wildman–Crippen LogP) is 4.33. The first kappa shape index (κ1) is 17.9. The number of nitrogens with zero attached hydrogens (tertiary/aromatic N) is 2. The Morgan fingerprint density at radius 3 is 2.73 bits per heavy atom. The van der Waals surface area contributed by atoms with Crippen molar-refractivity contribution in [2.75, 3.05) is 12.4 Å². The largest absolute Gasteiger partial charge is 0.468 e. The van der Waals surface area contributed by atoms with E-state index >= 15 is 0 Å². The Morgan fingerprint density at radius 1 is 1.27 bits per heavy atom. The smallest absolute Gasteiger partial charge is 0.255 e. The van der Waals surface area contributed by atoms with Crippen molar-refractivity contribution in [3.63, 3.8) is 0 Å². The topological polar surface area (TPSA) is 71.5 Å². The van der Waals surface area contributed by atoms with E-state index in [0.29, 0.717) is 29.2 Å². The molecule has 0 bridgehead atoms. The molecule has 0 radical (unpaired) electrons. The van der Waals surface area contributed by atoms with Crippen LogP contribution in [-0.4, -0.2) is 23.0 Å². The highest BCUT2D eigenvalue weighted by atomic mass is 16.5. The molecular weight excluding hydrogens is 330 g/mol. The summed E-state index contributed by atoms with van der Waals surface area (Å²) in [6.07, 6.45) is 1.68. The molecule has 0 fully saturated rings. The maximum absolute atomic E-state index is 12.6. The molecule has 0 aliphatic carbocycles. The van der Waals surface area contributed by atoms with E-state index < -0.39 is 0 Å². The van der Waals surface area contributed by atoms with Crippen molar-refractivity contribution in [1.29, 1.82) is 0 Å². The zero-order chi connectivity index (χ0) is 18.7. The molecule has 6 nitrogen and oxygen atoms in total. The van der Waals surface area contributed by atoms with Crippen LogP contribution in [0.3, 0.4) is 0 Å². The number of carbonyl (C=O) groups excluding carboxylic acids is 1. The molecule has 0 spiro atoms. The van der Waals surface area contributed by atoms with Crippen molar-refractivity contribution in [2.24, 2.45) is 0 Å². The van der Waals surface area contributed by atoms with Crippen LogP contribution in [0.15, 0.2) is 51.6 Å². The standard InChI is InChI=1S/C20H23N3O3/c1-13-19(15(3)26-22-13)21-20(24)17-8-5-7-16(11-17)12-23(4)14(2)18-9-6-10-25-18/h5-11,14H,12H2,1-4H3,(H,21,24). The first-order valence-electron chi connectivity index (χ1n) is 8.52. The second-order valence-electron chi connectivity index (χ2n) is 6.46. The van der Waals surface area contributed by atoms with E-state index in [9.17, 15) is 4.79 Å². The van der Waals surface area contributed by atoms with E-state index in [2.05, 4.69) is 22.3 Å². The lowest BCUT2D eigenvalue weighted by Gasteiger charge is -2.23. The molecule has 0 aliphatic rings. The predicted molar refractivity (Wildman–Crippen MR) is 99.0 cm³/mol. The lowest BCUT2D eigenvalue weighted by Crippen LogP contribution is -2.22. The van der Waals surface area contributed by atoms with Gasteiger partial charge in [-0.15, -0.1) is 0 Å². The minimum atomic E-state index is -0.178. The quantitative estimate of drug-likeness (QED) is 0.714. The third-order valence-electron chi connectivity index (χ3n) is 4.51. The Labute approximate surface area is 152 Å². The lowest BCUT2D eigenvalue weighted by molar-refractivity contribution is 0.102. The van der Waals surface area contributed by atoms with E-state index in [1.165, 1.54) is 0 Å². The van der Waals surface area contributed by atoms with Crippen molar-refractivity contribution < 1.29 is 13.7 Å².